The molecule has 150 valence electrons. The summed E-state index contributed by atoms with van der Waals surface area (Å²) >= 11 is 0. The fraction of sp³-hybridized carbons (Fsp3) is 0.455. The van der Waals surface area contributed by atoms with Crippen LogP contribution in [0.5, 0.6) is 11.5 Å². The number of hydrogen-bond donors (Lipinski definition) is 3. The van der Waals surface area contributed by atoms with Gasteiger partial charge in [-0.05, 0) is 55.2 Å². The number of nitrogens with zero attached hydrogens (tertiary/aromatic N) is 1. The van der Waals surface area contributed by atoms with Crippen LogP contribution in [0.15, 0.2) is 30.3 Å². The van der Waals surface area contributed by atoms with Gasteiger partial charge in [-0.3, -0.25) is 9.59 Å². The predicted octanol–water partition coefficient (Wildman–Crippen LogP) is 3.05. The summed E-state index contributed by atoms with van der Waals surface area (Å²) < 4.78 is 0. The molecule has 1 saturated heterocycles. The first-order valence-electron chi connectivity index (χ1n) is 9.80. The van der Waals surface area contributed by atoms with E-state index in [0.29, 0.717) is 30.8 Å². The topological polar surface area (TPSA) is 104 Å². The summed E-state index contributed by atoms with van der Waals surface area (Å²) in [5.74, 6) is 0.347. The molecule has 1 amide bonds. The Bertz CT molecular complexity index is 885. The van der Waals surface area contributed by atoms with Crippen molar-refractivity contribution in [3.63, 3.8) is 0 Å². The van der Waals surface area contributed by atoms with Crippen molar-refractivity contribution in [1.29, 1.82) is 0 Å². The number of aromatic hydroxyl groups is 2. The Hall–Kier alpha value is -2.60. The smallest absolute Gasteiger partial charge is 0.239 e. The maximum atomic E-state index is 12.8. The van der Waals surface area contributed by atoms with Gasteiger partial charge in [0, 0.05) is 24.9 Å². The lowest BCUT2D eigenvalue weighted by Gasteiger charge is -2.35. The van der Waals surface area contributed by atoms with Crippen molar-refractivity contribution in [3.05, 3.63) is 35.9 Å². The molecule has 0 saturated carbocycles. The fourth-order valence-electron chi connectivity index (χ4n) is 4.07. The van der Waals surface area contributed by atoms with Crippen LogP contribution in [0.25, 0.3) is 10.8 Å². The van der Waals surface area contributed by atoms with Gasteiger partial charge in [-0.15, -0.1) is 0 Å². The van der Waals surface area contributed by atoms with E-state index in [0.717, 1.165) is 18.2 Å². The third-order valence-corrected chi connectivity index (χ3v) is 5.83. The van der Waals surface area contributed by atoms with Crippen LogP contribution in [0.3, 0.4) is 0 Å². The molecule has 0 aliphatic carbocycles. The number of likely N-dealkylation sites (tertiary alicyclic amines) is 1. The summed E-state index contributed by atoms with van der Waals surface area (Å²) in [6.45, 7) is 5.09. The fourth-order valence-corrected chi connectivity index (χ4v) is 4.07. The van der Waals surface area contributed by atoms with Gasteiger partial charge in [0.1, 0.15) is 11.5 Å². The average Bonchev–Trinajstić information content (AvgIpc) is 2.67. The standard InChI is InChI=1S/C22H28N2O4/c1-13(15-6-8-24(9-7-15)22(28)14(2)23)10-20(26)18-11-16-4-3-5-19(25)17(16)12-21(18)27/h3-5,11-15,25,27H,6-10,23H2,1-2H3/t13?,14-/m0/s1. The van der Waals surface area contributed by atoms with Crippen molar-refractivity contribution in [1.82, 2.24) is 4.90 Å². The molecule has 1 aliphatic rings. The largest absolute Gasteiger partial charge is 0.507 e. The van der Waals surface area contributed by atoms with Crippen LogP contribution < -0.4 is 5.73 Å². The van der Waals surface area contributed by atoms with Gasteiger partial charge in [0.25, 0.3) is 0 Å². The first kappa shape index (κ1) is 20.1. The molecule has 0 spiro atoms. The molecule has 1 aliphatic heterocycles. The summed E-state index contributed by atoms with van der Waals surface area (Å²) in [6, 6.07) is 7.67. The predicted molar refractivity (Wildman–Crippen MR) is 108 cm³/mol. The number of amides is 1. The number of benzene rings is 2. The molecule has 2 aromatic carbocycles. The van der Waals surface area contributed by atoms with E-state index in [1.807, 2.05) is 0 Å². The van der Waals surface area contributed by atoms with E-state index in [2.05, 4.69) is 6.92 Å². The molecule has 2 atom stereocenters. The summed E-state index contributed by atoms with van der Waals surface area (Å²) in [7, 11) is 0. The zero-order valence-electron chi connectivity index (χ0n) is 16.4. The molecule has 1 heterocycles. The zero-order valence-corrected chi connectivity index (χ0v) is 16.4. The molecule has 6 heteroatoms. The van der Waals surface area contributed by atoms with Crippen LogP contribution in [-0.2, 0) is 4.79 Å². The van der Waals surface area contributed by atoms with Gasteiger partial charge < -0.3 is 20.8 Å². The lowest BCUT2D eigenvalue weighted by atomic mass is 9.81. The number of phenolic OH excluding ortho intramolecular Hbond substituents is 2. The number of fused-ring (bicyclic) bond motifs is 1. The second-order valence-electron chi connectivity index (χ2n) is 7.92. The van der Waals surface area contributed by atoms with Crippen LogP contribution in [0.4, 0.5) is 0 Å². The highest BCUT2D eigenvalue weighted by molar-refractivity contribution is 6.03. The van der Waals surface area contributed by atoms with Crippen molar-refractivity contribution in [3.8, 4) is 11.5 Å². The Morgan fingerprint density at radius 2 is 1.82 bits per heavy atom. The molecule has 1 unspecified atom stereocenters. The molecule has 28 heavy (non-hydrogen) atoms. The lowest BCUT2D eigenvalue weighted by molar-refractivity contribution is -0.133. The monoisotopic (exact) mass is 384 g/mol. The van der Waals surface area contributed by atoms with Crippen molar-refractivity contribution in [2.75, 3.05) is 13.1 Å². The summed E-state index contributed by atoms with van der Waals surface area (Å²) in [5.41, 5.74) is 5.97. The minimum absolute atomic E-state index is 0.0217. The van der Waals surface area contributed by atoms with Gasteiger partial charge >= 0.3 is 0 Å². The number of phenols is 2. The van der Waals surface area contributed by atoms with E-state index in [-0.39, 0.29) is 34.7 Å². The number of piperidine rings is 1. The molecular formula is C22H28N2O4. The van der Waals surface area contributed by atoms with Crippen molar-refractivity contribution >= 4 is 22.5 Å². The maximum Gasteiger partial charge on any atom is 0.239 e. The second-order valence-corrected chi connectivity index (χ2v) is 7.92. The highest BCUT2D eigenvalue weighted by Crippen LogP contribution is 2.33. The lowest BCUT2D eigenvalue weighted by Crippen LogP contribution is -2.46. The van der Waals surface area contributed by atoms with E-state index in [4.69, 9.17) is 5.73 Å². The molecule has 1 fully saturated rings. The number of rotatable bonds is 5. The Morgan fingerprint density at radius 1 is 1.14 bits per heavy atom. The first-order valence-corrected chi connectivity index (χ1v) is 9.80. The summed E-state index contributed by atoms with van der Waals surface area (Å²) in [5, 5.41) is 21.4. The maximum absolute atomic E-state index is 12.8. The number of carbonyl (C=O) groups excluding carboxylic acids is 2. The molecule has 0 aromatic heterocycles. The van der Waals surface area contributed by atoms with Crippen molar-refractivity contribution in [2.45, 2.75) is 39.2 Å². The quantitative estimate of drug-likeness (QED) is 0.688. The van der Waals surface area contributed by atoms with E-state index >= 15 is 0 Å². The number of ketones is 1. The van der Waals surface area contributed by atoms with Crippen molar-refractivity contribution in [2.24, 2.45) is 17.6 Å². The van der Waals surface area contributed by atoms with E-state index in [9.17, 15) is 19.8 Å². The number of Topliss-reactive ketones (excluding diaryl/α,β-unsaturated/α-hetero) is 1. The number of carbonyl (C=O) groups is 2. The number of nitrogens with two attached hydrogens (primary N) is 1. The van der Waals surface area contributed by atoms with E-state index in [1.165, 1.54) is 6.07 Å². The van der Waals surface area contributed by atoms with Crippen LogP contribution in [-0.4, -0.2) is 45.9 Å². The highest BCUT2D eigenvalue weighted by Gasteiger charge is 2.29. The average molecular weight is 384 g/mol. The second kappa shape index (κ2) is 8.19. The van der Waals surface area contributed by atoms with Gasteiger partial charge in [-0.2, -0.15) is 0 Å². The van der Waals surface area contributed by atoms with Crippen LogP contribution in [0.1, 0.15) is 43.5 Å². The SMILES string of the molecule is CC(CC(=O)c1cc2cccc(O)c2cc1O)C1CCN(C(=O)[C@H](C)N)CC1. The Kier molecular flexibility index (Phi) is 5.89. The molecule has 2 aromatic rings. The zero-order chi connectivity index (χ0) is 20.4. The third-order valence-electron chi connectivity index (χ3n) is 5.83. The minimum atomic E-state index is -0.481. The number of hydrogen-bond acceptors (Lipinski definition) is 5. The normalized spacial score (nSPS) is 17.5. The third kappa shape index (κ3) is 4.12. The molecule has 0 radical (unpaired) electrons. The first-order chi connectivity index (χ1) is 13.3. The van der Waals surface area contributed by atoms with Crippen LogP contribution >= 0.6 is 0 Å². The molecule has 6 nitrogen and oxygen atoms in total. The van der Waals surface area contributed by atoms with Gasteiger partial charge in [-0.1, -0.05) is 19.1 Å². The molecule has 0 bridgehead atoms. The van der Waals surface area contributed by atoms with Crippen LogP contribution in [0.2, 0.25) is 0 Å². The Balaban J connectivity index is 1.66. The van der Waals surface area contributed by atoms with E-state index in [1.54, 1.807) is 36.1 Å². The van der Waals surface area contributed by atoms with Gasteiger partial charge in [0.15, 0.2) is 5.78 Å². The highest BCUT2D eigenvalue weighted by atomic mass is 16.3. The molecule has 4 N–H and O–H groups in total. The van der Waals surface area contributed by atoms with E-state index < -0.39 is 6.04 Å². The molecular weight excluding hydrogens is 356 g/mol. The van der Waals surface area contributed by atoms with Crippen LogP contribution in [0, 0.1) is 11.8 Å². The Labute approximate surface area is 164 Å². The summed E-state index contributed by atoms with van der Waals surface area (Å²) in [6.07, 6.45) is 2.04. The van der Waals surface area contributed by atoms with Gasteiger partial charge in [-0.25, -0.2) is 0 Å². The van der Waals surface area contributed by atoms with Crippen molar-refractivity contribution < 1.29 is 19.8 Å². The van der Waals surface area contributed by atoms with Gasteiger partial charge in [0.2, 0.25) is 5.91 Å². The Morgan fingerprint density at radius 3 is 2.46 bits per heavy atom. The minimum Gasteiger partial charge on any atom is -0.507 e. The molecule has 3 rings (SSSR count). The van der Waals surface area contributed by atoms with Gasteiger partial charge in [0.05, 0.1) is 11.6 Å². The summed E-state index contributed by atoms with van der Waals surface area (Å²) in [4.78, 5) is 26.6.